The minimum absolute atomic E-state index is 0.0185. The highest BCUT2D eigenvalue weighted by molar-refractivity contribution is 5.57. The molecule has 25 heavy (non-hydrogen) atoms. The van der Waals surface area contributed by atoms with Gasteiger partial charge in [0.2, 0.25) is 0 Å². The average Bonchev–Trinajstić information content (AvgIpc) is 2.62. The number of pyridine rings is 1. The first-order chi connectivity index (χ1) is 12.0. The number of anilines is 1. The van der Waals surface area contributed by atoms with E-state index in [0.717, 1.165) is 18.9 Å². The number of aromatic nitrogens is 3. The van der Waals surface area contributed by atoms with Crippen molar-refractivity contribution in [3.63, 3.8) is 0 Å². The van der Waals surface area contributed by atoms with Crippen LogP contribution in [0.15, 0.2) is 42.2 Å². The van der Waals surface area contributed by atoms with E-state index >= 15 is 0 Å². The van der Waals surface area contributed by atoms with E-state index in [2.05, 4.69) is 20.3 Å². The van der Waals surface area contributed by atoms with Gasteiger partial charge in [-0.2, -0.15) is 13.2 Å². The zero-order chi connectivity index (χ0) is 17.7. The van der Waals surface area contributed by atoms with Crippen LogP contribution in [0.25, 0.3) is 11.4 Å². The first kappa shape index (κ1) is 17.3. The number of ether oxygens (including phenoxy) is 1. The molecule has 3 heterocycles. The van der Waals surface area contributed by atoms with Crippen molar-refractivity contribution in [2.45, 2.75) is 19.0 Å². The minimum Gasteiger partial charge on any atom is -0.377 e. The van der Waals surface area contributed by atoms with E-state index in [1.807, 2.05) is 6.08 Å². The van der Waals surface area contributed by atoms with E-state index in [0.29, 0.717) is 25.3 Å². The second-order valence-corrected chi connectivity index (χ2v) is 5.56. The molecule has 0 bridgehead atoms. The van der Waals surface area contributed by atoms with Crippen LogP contribution in [0.5, 0.6) is 0 Å². The van der Waals surface area contributed by atoms with Crippen LogP contribution in [0.1, 0.15) is 18.5 Å². The number of nitrogens with zero attached hydrogens (tertiary/aromatic N) is 3. The molecule has 0 unspecified atom stereocenters. The van der Waals surface area contributed by atoms with E-state index in [4.69, 9.17) is 4.74 Å². The summed E-state index contributed by atoms with van der Waals surface area (Å²) >= 11 is 0. The molecule has 3 rings (SSSR count). The number of nitrogens with one attached hydrogen (secondary N) is 1. The van der Waals surface area contributed by atoms with Crippen molar-refractivity contribution in [2.24, 2.45) is 0 Å². The SMILES string of the molecule is FC(F)(F)c1cc(NCCC2=CCOCC2)nc(-c2ccncc2)n1. The van der Waals surface area contributed by atoms with Gasteiger partial charge in [-0.3, -0.25) is 4.98 Å². The van der Waals surface area contributed by atoms with Crippen molar-refractivity contribution in [3.8, 4) is 11.4 Å². The Hall–Kier alpha value is -2.48. The normalized spacial score (nSPS) is 14.9. The summed E-state index contributed by atoms with van der Waals surface area (Å²) in [6.07, 6.45) is 2.03. The van der Waals surface area contributed by atoms with E-state index in [-0.39, 0.29) is 11.6 Å². The van der Waals surface area contributed by atoms with Gasteiger partial charge in [0.1, 0.15) is 5.82 Å². The van der Waals surface area contributed by atoms with Gasteiger partial charge in [0.05, 0.1) is 13.2 Å². The molecule has 0 radical (unpaired) electrons. The second kappa shape index (κ2) is 7.60. The zero-order valence-electron chi connectivity index (χ0n) is 13.4. The lowest BCUT2D eigenvalue weighted by Crippen LogP contribution is -2.13. The molecule has 0 amide bonds. The largest absolute Gasteiger partial charge is 0.433 e. The van der Waals surface area contributed by atoms with Crippen molar-refractivity contribution >= 4 is 5.82 Å². The third kappa shape index (κ3) is 4.76. The maximum absolute atomic E-state index is 13.1. The Kier molecular flexibility index (Phi) is 5.28. The number of halogens is 3. The molecule has 8 heteroatoms. The predicted molar refractivity (Wildman–Crippen MR) is 86.9 cm³/mol. The van der Waals surface area contributed by atoms with Gasteiger partial charge in [-0.15, -0.1) is 0 Å². The first-order valence-electron chi connectivity index (χ1n) is 7.88. The fourth-order valence-corrected chi connectivity index (χ4v) is 2.46. The van der Waals surface area contributed by atoms with Crippen LogP contribution in [0, 0.1) is 0 Å². The van der Waals surface area contributed by atoms with Crippen LogP contribution in [0.4, 0.5) is 19.0 Å². The average molecular weight is 350 g/mol. The molecule has 1 N–H and O–H groups in total. The van der Waals surface area contributed by atoms with Crippen LogP contribution in [-0.4, -0.2) is 34.7 Å². The molecule has 1 aliphatic heterocycles. The van der Waals surface area contributed by atoms with Crippen LogP contribution in [-0.2, 0) is 10.9 Å². The molecule has 0 aliphatic carbocycles. The maximum atomic E-state index is 13.1. The number of rotatable bonds is 5. The fraction of sp³-hybridized carbons (Fsp3) is 0.353. The van der Waals surface area contributed by atoms with E-state index in [9.17, 15) is 13.2 Å². The monoisotopic (exact) mass is 350 g/mol. The maximum Gasteiger partial charge on any atom is 0.433 e. The lowest BCUT2D eigenvalue weighted by molar-refractivity contribution is -0.141. The van der Waals surface area contributed by atoms with Crippen LogP contribution in [0.2, 0.25) is 0 Å². The lowest BCUT2D eigenvalue weighted by Gasteiger charge is -2.15. The zero-order valence-corrected chi connectivity index (χ0v) is 13.4. The molecule has 2 aromatic heterocycles. The predicted octanol–water partition coefficient (Wildman–Crippen LogP) is 3.71. The Morgan fingerprint density at radius 2 is 1.96 bits per heavy atom. The lowest BCUT2D eigenvalue weighted by atomic mass is 10.1. The Balaban J connectivity index is 1.79. The topological polar surface area (TPSA) is 59.9 Å². The van der Waals surface area contributed by atoms with Gasteiger partial charge >= 0.3 is 6.18 Å². The van der Waals surface area contributed by atoms with Gasteiger partial charge in [-0.25, -0.2) is 9.97 Å². The van der Waals surface area contributed by atoms with Crippen LogP contribution in [0.3, 0.4) is 0 Å². The number of hydrogen-bond acceptors (Lipinski definition) is 5. The summed E-state index contributed by atoms with van der Waals surface area (Å²) < 4.78 is 44.6. The Morgan fingerprint density at radius 3 is 2.64 bits per heavy atom. The summed E-state index contributed by atoms with van der Waals surface area (Å²) in [5.74, 6) is 0.173. The highest BCUT2D eigenvalue weighted by Crippen LogP contribution is 2.30. The molecule has 0 saturated carbocycles. The summed E-state index contributed by atoms with van der Waals surface area (Å²) in [6, 6.07) is 4.08. The highest BCUT2D eigenvalue weighted by atomic mass is 19.4. The van der Waals surface area contributed by atoms with Gasteiger partial charge in [-0.05, 0) is 25.0 Å². The molecular weight excluding hydrogens is 333 g/mol. The first-order valence-corrected chi connectivity index (χ1v) is 7.88. The third-order valence-corrected chi connectivity index (χ3v) is 3.76. The van der Waals surface area contributed by atoms with Crippen molar-refractivity contribution < 1.29 is 17.9 Å². The molecular formula is C17H17F3N4O. The summed E-state index contributed by atoms with van der Waals surface area (Å²) in [7, 11) is 0. The van der Waals surface area contributed by atoms with E-state index in [1.165, 1.54) is 18.0 Å². The van der Waals surface area contributed by atoms with Gasteiger partial charge in [-0.1, -0.05) is 11.6 Å². The molecule has 2 aromatic rings. The molecule has 5 nitrogen and oxygen atoms in total. The van der Waals surface area contributed by atoms with Crippen LogP contribution >= 0.6 is 0 Å². The Bertz CT molecular complexity index is 747. The molecule has 0 aromatic carbocycles. The van der Waals surface area contributed by atoms with Crippen molar-refractivity contribution in [1.82, 2.24) is 15.0 Å². The van der Waals surface area contributed by atoms with Gasteiger partial charge < -0.3 is 10.1 Å². The summed E-state index contributed by atoms with van der Waals surface area (Å²) in [4.78, 5) is 11.7. The third-order valence-electron chi connectivity index (χ3n) is 3.76. The van der Waals surface area contributed by atoms with Crippen molar-refractivity contribution in [2.75, 3.05) is 25.1 Å². The van der Waals surface area contributed by atoms with Gasteiger partial charge in [0.15, 0.2) is 11.5 Å². The van der Waals surface area contributed by atoms with E-state index in [1.54, 1.807) is 12.1 Å². The molecule has 0 fully saturated rings. The number of hydrogen-bond donors (Lipinski definition) is 1. The quantitative estimate of drug-likeness (QED) is 0.833. The summed E-state index contributed by atoms with van der Waals surface area (Å²) in [5, 5.41) is 2.97. The molecule has 1 aliphatic rings. The standard InChI is InChI=1S/C17H17F3N4O/c18-17(19,20)14-11-15(22-8-1-12-4-9-25-10-5-12)24-16(23-14)13-2-6-21-7-3-13/h2-4,6-7,11H,1,5,8-10H2,(H,22,23,24). The van der Waals surface area contributed by atoms with Crippen LogP contribution < -0.4 is 5.32 Å². The summed E-state index contributed by atoms with van der Waals surface area (Å²) in [6.45, 7) is 1.77. The minimum atomic E-state index is -4.54. The molecule has 0 atom stereocenters. The summed E-state index contributed by atoms with van der Waals surface area (Å²) in [5.41, 5.74) is 0.747. The Labute approximate surface area is 143 Å². The van der Waals surface area contributed by atoms with Crippen molar-refractivity contribution in [3.05, 3.63) is 47.9 Å². The molecule has 132 valence electrons. The van der Waals surface area contributed by atoms with Gasteiger partial charge in [0, 0.05) is 30.6 Å². The molecule has 0 saturated heterocycles. The molecule has 0 spiro atoms. The highest BCUT2D eigenvalue weighted by Gasteiger charge is 2.33. The van der Waals surface area contributed by atoms with Crippen molar-refractivity contribution in [1.29, 1.82) is 0 Å². The Morgan fingerprint density at radius 1 is 1.16 bits per heavy atom. The second-order valence-electron chi connectivity index (χ2n) is 5.56. The fourth-order valence-electron chi connectivity index (χ4n) is 2.46. The smallest absolute Gasteiger partial charge is 0.377 e. The number of alkyl halides is 3. The van der Waals surface area contributed by atoms with E-state index < -0.39 is 11.9 Å². The van der Waals surface area contributed by atoms with Gasteiger partial charge in [0.25, 0.3) is 0 Å².